The molecule has 0 aliphatic rings. The zero-order chi connectivity index (χ0) is 10.0. The van der Waals surface area contributed by atoms with Crippen molar-refractivity contribution in [1.82, 2.24) is 4.98 Å². The average Bonchev–Trinajstić information content (AvgIpc) is 2.31. The van der Waals surface area contributed by atoms with Gasteiger partial charge < -0.3 is 11.1 Å². The van der Waals surface area contributed by atoms with Crippen LogP contribution in [-0.4, -0.2) is 10.9 Å². The zero-order valence-electron chi connectivity index (χ0n) is 7.30. The van der Waals surface area contributed by atoms with E-state index in [1.54, 1.807) is 13.8 Å². The van der Waals surface area contributed by atoms with E-state index >= 15 is 0 Å². The van der Waals surface area contributed by atoms with Crippen molar-refractivity contribution in [3.63, 3.8) is 0 Å². The molecule has 1 aromatic rings. The molecule has 0 spiro atoms. The van der Waals surface area contributed by atoms with Crippen molar-refractivity contribution >= 4 is 39.0 Å². The lowest BCUT2D eigenvalue weighted by molar-refractivity contribution is -0.118. The molecule has 1 amide bonds. The maximum atomic E-state index is 11.2. The Morgan fingerprint density at radius 2 is 2.31 bits per heavy atom. The second-order valence-electron chi connectivity index (χ2n) is 2.82. The fourth-order valence-electron chi connectivity index (χ4n) is 0.617. The summed E-state index contributed by atoms with van der Waals surface area (Å²) in [5.74, 6) is -0.172. The molecule has 4 nitrogen and oxygen atoms in total. The molecule has 1 rings (SSSR count). The van der Waals surface area contributed by atoms with Gasteiger partial charge in [-0.15, -0.1) is 0 Å². The van der Waals surface area contributed by atoms with Gasteiger partial charge in [-0.3, -0.25) is 4.79 Å². The van der Waals surface area contributed by atoms with Crippen molar-refractivity contribution in [3.05, 3.63) is 5.15 Å². The minimum absolute atomic E-state index is 0.0797. The highest BCUT2D eigenvalue weighted by atomic mass is 35.5. The molecule has 0 bridgehead atoms. The normalized spacial score (nSPS) is 10.5. The number of nitrogens with two attached hydrogens (primary N) is 1. The van der Waals surface area contributed by atoms with Gasteiger partial charge in [-0.25, -0.2) is 4.98 Å². The summed E-state index contributed by atoms with van der Waals surface area (Å²) in [6.45, 7) is 3.60. The van der Waals surface area contributed by atoms with E-state index in [4.69, 9.17) is 17.3 Å². The van der Waals surface area contributed by atoms with Crippen LogP contribution in [0.3, 0.4) is 0 Å². The summed E-state index contributed by atoms with van der Waals surface area (Å²) >= 11 is 6.78. The van der Waals surface area contributed by atoms with Crippen LogP contribution >= 0.6 is 22.9 Å². The summed E-state index contributed by atoms with van der Waals surface area (Å²) < 4.78 is 0. The molecule has 0 saturated heterocycles. The van der Waals surface area contributed by atoms with Gasteiger partial charge in [-0.1, -0.05) is 36.8 Å². The number of aromatic nitrogens is 1. The lowest BCUT2D eigenvalue weighted by Crippen LogP contribution is -2.17. The number of hydrogen-bond donors (Lipinski definition) is 2. The first-order valence-electron chi connectivity index (χ1n) is 3.73. The zero-order valence-corrected chi connectivity index (χ0v) is 8.87. The van der Waals surface area contributed by atoms with Crippen LogP contribution in [0.4, 0.5) is 10.1 Å². The van der Waals surface area contributed by atoms with Crippen molar-refractivity contribution in [2.24, 2.45) is 5.92 Å². The molecule has 0 aliphatic carbocycles. The third kappa shape index (κ3) is 2.57. The number of carbonyl (C=O) groups is 1. The summed E-state index contributed by atoms with van der Waals surface area (Å²) in [5.41, 5.74) is 5.47. The van der Waals surface area contributed by atoms with E-state index in [9.17, 15) is 4.79 Å². The van der Waals surface area contributed by atoms with Crippen LogP contribution in [0.1, 0.15) is 13.8 Å². The van der Waals surface area contributed by atoms with E-state index in [0.29, 0.717) is 10.1 Å². The summed E-state index contributed by atoms with van der Waals surface area (Å²) in [7, 11) is 0. The number of nitrogens with zero attached hydrogens (tertiary/aromatic N) is 1. The topological polar surface area (TPSA) is 68.0 Å². The van der Waals surface area contributed by atoms with Crippen molar-refractivity contribution < 1.29 is 4.79 Å². The molecule has 6 heteroatoms. The van der Waals surface area contributed by atoms with Gasteiger partial charge in [0.2, 0.25) is 5.91 Å². The van der Waals surface area contributed by atoms with Crippen LogP contribution in [-0.2, 0) is 4.79 Å². The smallest absolute Gasteiger partial charge is 0.228 e. The molecular weight excluding hydrogens is 210 g/mol. The lowest BCUT2D eigenvalue weighted by Gasteiger charge is -2.02. The van der Waals surface area contributed by atoms with Gasteiger partial charge in [-0.2, -0.15) is 0 Å². The molecular formula is C7H10ClN3OS. The predicted octanol–water partition coefficient (Wildman–Crippen LogP) is 1.97. The van der Waals surface area contributed by atoms with Gasteiger partial charge in [0, 0.05) is 5.92 Å². The Morgan fingerprint density at radius 3 is 2.69 bits per heavy atom. The fourth-order valence-corrected chi connectivity index (χ4v) is 1.49. The van der Waals surface area contributed by atoms with Gasteiger partial charge in [0.05, 0.1) is 0 Å². The summed E-state index contributed by atoms with van der Waals surface area (Å²) in [6.07, 6.45) is 0. The number of anilines is 2. The van der Waals surface area contributed by atoms with Crippen LogP contribution in [0, 0.1) is 5.92 Å². The van der Waals surface area contributed by atoms with Gasteiger partial charge in [0.25, 0.3) is 0 Å². The van der Waals surface area contributed by atoms with Crippen molar-refractivity contribution in [2.45, 2.75) is 13.8 Å². The highest BCUT2D eigenvalue weighted by Gasteiger charge is 2.11. The standard InChI is InChI=1S/C7H10ClN3OS/c1-3(2)6(12)11-7-10-4(8)5(9)13-7/h3H,9H2,1-2H3,(H,10,11,12). The second kappa shape index (κ2) is 3.93. The van der Waals surface area contributed by atoms with Gasteiger partial charge >= 0.3 is 0 Å². The summed E-state index contributed by atoms with van der Waals surface area (Å²) in [5, 5.41) is 3.71. The lowest BCUT2D eigenvalue weighted by atomic mass is 10.2. The molecule has 0 atom stereocenters. The van der Waals surface area contributed by atoms with E-state index in [2.05, 4.69) is 10.3 Å². The number of hydrogen-bond acceptors (Lipinski definition) is 4. The highest BCUT2D eigenvalue weighted by molar-refractivity contribution is 7.20. The second-order valence-corrected chi connectivity index (χ2v) is 4.21. The third-order valence-corrected chi connectivity index (χ3v) is 2.56. The molecule has 0 aliphatic heterocycles. The first-order valence-corrected chi connectivity index (χ1v) is 4.93. The molecule has 0 aromatic carbocycles. The number of nitrogens with one attached hydrogen (secondary N) is 1. The van der Waals surface area contributed by atoms with Gasteiger partial charge in [0.1, 0.15) is 5.00 Å². The van der Waals surface area contributed by atoms with Crippen LogP contribution in [0.5, 0.6) is 0 Å². The number of rotatable bonds is 2. The van der Waals surface area contributed by atoms with Crippen LogP contribution in [0.15, 0.2) is 0 Å². The molecule has 0 fully saturated rings. The van der Waals surface area contributed by atoms with Crippen molar-refractivity contribution in [2.75, 3.05) is 11.1 Å². The maximum Gasteiger partial charge on any atom is 0.228 e. The predicted molar refractivity (Wildman–Crippen MR) is 55.0 cm³/mol. The van der Waals surface area contributed by atoms with Gasteiger partial charge in [-0.05, 0) is 0 Å². The largest absolute Gasteiger partial charge is 0.388 e. The molecule has 0 unspecified atom stereocenters. The number of nitrogen functional groups attached to an aromatic ring is 1. The molecule has 3 N–H and O–H groups in total. The van der Waals surface area contributed by atoms with Crippen molar-refractivity contribution in [1.29, 1.82) is 0 Å². The van der Waals surface area contributed by atoms with E-state index in [1.165, 1.54) is 0 Å². The Hall–Kier alpha value is -0.810. The monoisotopic (exact) mass is 219 g/mol. The highest BCUT2D eigenvalue weighted by Crippen LogP contribution is 2.28. The molecule has 1 heterocycles. The quantitative estimate of drug-likeness (QED) is 0.799. The molecule has 1 aromatic heterocycles. The summed E-state index contributed by atoms with van der Waals surface area (Å²) in [4.78, 5) is 15.1. The third-order valence-electron chi connectivity index (χ3n) is 1.36. The molecule has 0 radical (unpaired) electrons. The van der Waals surface area contributed by atoms with Gasteiger partial charge in [0.15, 0.2) is 10.3 Å². The van der Waals surface area contributed by atoms with Crippen LogP contribution in [0.25, 0.3) is 0 Å². The van der Waals surface area contributed by atoms with E-state index in [1.807, 2.05) is 0 Å². The maximum absolute atomic E-state index is 11.2. The molecule has 13 heavy (non-hydrogen) atoms. The molecule has 0 saturated carbocycles. The first-order chi connectivity index (χ1) is 6.00. The minimum Gasteiger partial charge on any atom is -0.388 e. The summed E-state index contributed by atoms with van der Waals surface area (Å²) in [6, 6.07) is 0. The Kier molecular flexibility index (Phi) is 3.11. The van der Waals surface area contributed by atoms with E-state index in [-0.39, 0.29) is 17.0 Å². The minimum atomic E-state index is -0.0922. The number of thiazole rings is 1. The average molecular weight is 220 g/mol. The Balaban J connectivity index is 2.70. The van der Waals surface area contributed by atoms with E-state index < -0.39 is 0 Å². The fraction of sp³-hybridized carbons (Fsp3) is 0.429. The SMILES string of the molecule is CC(C)C(=O)Nc1nc(Cl)c(N)s1. The number of halogens is 1. The number of amides is 1. The Labute approximate surface area is 85.1 Å². The molecule has 72 valence electrons. The van der Waals surface area contributed by atoms with Crippen molar-refractivity contribution in [3.8, 4) is 0 Å². The number of carbonyl (C=O) groups excluding carboxylic acids is 1. The Bertz CT molecular complexity index is 304. The van der Waals surface area contributed by atoms with Crippen LogP contribution in [0.2, 0.25) is 5.15 Å². The van der Waals surface area contributed by atoms with Crippen LogP contribution < -0.4 is 11.1 Å². The Morgan fingerprint density at radius 1 is 1.69 bits per heavy atom. The van der Waals surface area contributed by atoms with E-state index in [0.717, 1.165) is 11.3 Å². The first kappa shape index (κ1) is 10.3.